The van der Waals surface area contributed by atoms with Crippen molar-refractivity contribution in [3.8, 4) is 0 Å². The smallest absolute Gasteiger partial charge is 0.0761 e. The van der Waals surface area contributed by atoms with Crippen LogP contribution in [0.5, 0.6) is 0 Å². The maximum atomic E-state index is 9.15. The maximum absolute atomic E-state index is 9.15. The van der Waals surface area contributed by atoms with Crippen LogP contribution in [0.15, 0.2) is 48.5 Å². The third kappa shape index (κ3) is 8.87. The first-order valence-electron chi connectivity index (χ1n) is 7.16. The van der Waals surface area contributed by atoms with Crippen LogP contribution in [0, 0.1) is 44.1 Å². The molecule has 0 spiro atoms. The number of alkyl halides is 2. The fourth-order valence-electron chi connectivity index (χ4n) is 1.78. The normalized spacial score (nSPS) is 12.4. The molecule has 23 heavy (non-hydrogen) atoms. The second kappa shape index (κ2) is 12.7. The van der Waals surface area contributed by atoms with Gasteiger partial charge in [0.05, 0.1) is 6.10 Å². The zero-order chi connectivity index (χ0) is 16.5. The van der Waals surface area contributed by atoms with Crippen LogP contribution in [-0.2, 0) is 11.8 Å². The maximum Gasteiger partial charge on any atom is 0.0761 e. The summed E-state index contributed by atoms with van der Waals surface area (Å²) in [6, 6.07) is 15.3. The van der Waals surface area contributed by atoms with Crippen LogP contribution in [0.3, 0.4) is 0 Å². The van der Waals surface area contributed by atoms with Gasteiger partial charge in [0.2, 0.25) is 0 Å². The Labute approximate surface area is 184 Å². The van der Waals surface area contributed by atoms with Gasteiger partial charge in [0.1, 0.15) is 0 Å². The Kier molecular flexibility index (Phi) is 12.9. The van der Waals surface area contributed by atoms with E-state index < -0.39 is 0 Å². The van der Waals surface area contributed by atoms with Gasteiger partial charge in [-0.1, -0.05) is 61.0 Å². The molecule has 2 aromatic rings. The van der Waals surface area contributed by atoms with E-state index in [0.29, 0.717) is 11.8 Å². The molecule has 0 aromatic heterocycles. The number of hydrogen-bond donors (Lipinski definition) is 1. The molecule has 2 N–H and O–H groups in total. The minimum Gasteiger partial charge on any atom is -0.671 e. The summed E-state index contributed by atoms with van der Waals surface area (Å²) >= 11 is 11.2. The van der Waals surface area contributed by atoms with E-state index in [1.54, 1.807) is 6.92 Å². The van der Waals surface area contributed by atoms with Crippen molar-refractivity contribution in [2.75, 3.05) is 0 Å². The number of rotatable bonds is 4. The quantitative estimate of drug-likeness (QED) is 0.453. The second-order valence-corrected chi connectivity index (χ2v) is 5.68. The second-order valence-electron chi connectivity index (χ2n) is 5.15. The molecule has 0 aliphatic carbocycles. The van der Waals surface area contributed by atoms with E-state index in [2.05, 4.69) is 0 Å². The van der Waals surface area contributed by atoms with Crippen molar-refractivity contribution in [3.05, 3.63) is 76.5 Å². The van der Waals surface area contributed by atoms with Gasteiger partial charge in [-0.3, -0.25) is 0 Å². The van der Waals surface area contributed by atoms with Gasteiger partial charge in [0, 0.05) is 55.8 Å². The van der Waals surface area contributed by atoms with Gasteiger partial charge in [-0.15, -0.1) is 29.2 Å². The van der Waals surface area contributed by atoms with Gasteiger partial charge in [-0.05, 0) is 23.6 Å². The monoisotopic (exact) mass is 565 g/mol. The summed E-state index contributed by atoms with van der Waals surface area (Å²) in [5.74, 6) is 1.08. The van der Waals surface area contributed by atoms with Crippen molar-refractivity contribution in [2.24, 2.45) is 0 Å². The Morgan fingerprint density at radius 3 is 1.43 bits per heavy atom. The van der Waals surface area contributed by atoms with Gasteiger partial charge >= 0.3 is 0 Å². The molecule has 0 fully saturated rings. The van der Waals surface area contributed by atoms with E-state index in [1.165, 1.54) is 0 Å². The van der Waals surface area contributed by atoms with Crippen LogP contribution in [-0.4, -0.2) is 5.11 Å². The standard InChI is InChI=1S/C9H11ClN.C9H11ClO.Ac/c2*1-7(11)9-4-2-8(6-10)3-5-9;/h2*2-5,7,11H,6H2,1H3;/q-1;;. The van der Waals surface area contributed by atoms with E-state index in [4.69, 9.17) is 34.0 Å². The summed E-state index contributed by atoms with van der Waals surface area (Å²) in [5, 5.41) is 9.15. The van der Waals surface area contributed by atoms with Crippen LogP contribution in [0.1, 0.15) is 48.2 Å². The van der Waals surface area contributed by atoms with E-state index >= 15 is 0 Å². The van der Waals surface area contributed by atoms with Crippen LogP contribution in [0.25, 0.3) is 5.73 Å². The predicted molar refractivity (Wildman–Crippen MR) is 95.4 cm³/mol. The Balaban J connectivity index is 0.000000403. The summed E-state index contributed by atoms with van der Waals surface area (Å²) in [4.78, 5) is 0. The Hall–Kier alpha value is 0.382. The number of nitrogens with one attached hydrogen (secondary N) is 1. The van der Waals surface area contributed by atoms with Crippen molar-refractivity contribution in [1.29, 1.82) is 0 Å². The molecule has 2 aromatic carbocycles. The van der Waals surface area contributed by atoms with Crippen molar-refractivity contribution >= 4 is 23.2 Å². The zero-order valence-electron chi connectivity index (χ0n) is 13.5. The van der Waals surface area contributed by atoms with E-state index in [9.17, 15) is 0 Å². The molecule has 2 unspecified atom stereocenters. The average Bonchev–Trinajstić information content (AvgIpc) is 2.55. The topological polar surface area (TPSA) is 44.0 Å². The Morgan fingerprint density at radius 2 is 1.17 bits per heavy atom. The number of hydrogen-bond acceptors (Lipinski definition) is 1. The molecular formula is C18H22AcCl2NO-. The summed E-state index contributed by atoms with van der Waals surface area (Å²) < 4.78 is 0. The molecule has 0 bridgehead atoms. The summed E-state index contributed by atoms with van der Waals surface area (Å²) in [6.45, 7) is 3.60. The van der Waals surface area contributed by atoms with Crippen molar-refractivity contribution in [1.82, 2.24) is 0 Å². The molecule has 0 aliphatic heterocycles. The zero-order valence-corrected chi connectivity index (χ0v) is 19.7. The predicted octanol–water partition coefficient (Wildman–Crippen LogP) is 6.02. The number of benzene rings is 2. The van der Waals surface area contributed by atoms with E-state index in [-0.39, 0.29) is 56.2 Å². The minimum absolute atomic E-state index is 0. The molecule has 2 atom stereocenters. The molecular weight excluding hydrogens is 544 g/mol. The number of halogens is 2. The molecule has 123 valence electrons. The number of aliphatic hydroxyl groups is 1. The molecule has 0 aliphatic rings. The van der Waals surface area contributed by atoms with Crippen molar-refractivity contribution in [3.63, 3.8) is 0 Å². The third-order valence-electron chi connectivity index (χ3n) is 3.25. The first kappa shape index (κ1) is 23.4. The SMILES string of the molecule is CC(O)c1ccc(CCl)cc1.CC([NH-])c1ccc(CCl)cc1.[Ac]. The molecule has 2 rings (SSSR count). The fraction of sp³-hybridized carbons (Fsp3) is 0.333. The van der Waals surface area contributed by atoms with Gasteiger partial charge in [0.15, 0.2) is 0 Å². The summed E-state index contributed by atoms with van der Waals surface area (Å²) in [6.07, 6.45) is -0.389. The minimum atomic E-state index is -0.389. The summed E-state index contributed by atoms with van der Waals surface area (Å²) in [7, 11) is 0. The average molecular weight is 566 g/mol. The molecule has 1 radical (unpaired) electrons. The molecule has 2 nitrogen and oxygen atoms in total. The Morgan fingerprint density at radius 1 is 0.826 bits per heavy atom. The first-order valence-corrected chi connectivity index (χ1v) is 8.23. The van der Waals surface area contributed by atoms with Crippen LogP contribution < -0.4 is 0 Å². The van der Waals surface area contributed by atoms with Gasteiger partial charge < -0.3 is 10.8 Å². The van der Waals surface area contributed by atoms with Crippen molar-refractivity contribution < 1.29 is 49.2 Å². The summed E-state index contributed by atoms with van der Waals surface area (Å²) in [5.41, 5.74) is 11.6. The third-order valence-corrected chi connectivity index (χ3v) is 3.87. The largest absolute Gasteiger partial charge is 0.671 e. The molecule has 0 heterocycles. The van der Waals surface area contributed by atoms with Crippen LogP contribution in [0.4, 0.5) is 0 Å². The first-order chi connectivity index (χ1) is 10.5. The van der Waals surface area contributed by atoms with Gasteiger partial charge in [-0.2, -0.15) is 0 Å². The van der Waals surface area contributed by atoms with Gasteiger partial charge in [0.25, 0.3) is 0 Å². The van der Waals surface area contributed by atoms with Crippen LogP contribution in [0.2, 0.25) is 0 Å². The fourth-order valence-corrected chi connectivity index (χ4v) is 2.14. The molecule has 0 amide bonds. The number of aliphatic hydroxyl groups excluding tert-OH is 1. The molecule has 0 saturated heterocycles. The molecule has 0 saturated carbocycles. The van der Waals surface area contributed by atoms with Gasteiger partial charge in [-0.25, -0.2) is 0 Å². The van der Waals surface area contributed by atoms with Crippen LogP contribution >= 0.6 is 23.2 Å². The van der Waals surface area contributed by atoms with Crippen molar-refractivity contribution in [2.45, 2.75) is 37.8 Å². The molecule has 5 heteroatoms. The van der Waals surface area contributed by atoms with E-state index in [0.717, 1.165) is 22.3 Å². The Bertz CT molecular complexity index is 490. The van der Waals surface area contributed by atoms with E-state index in [1.807, 2.05) is 55.5 Å².